The van der Waals surface area contributed by atoms with Crippen molar-refractivity contribution in [3.63, 3.8) is 0 Å². The minimum atomic E-state index is 0.329. The molecule has 0 fully saturated rings. The van der Waals surface area contributed by atoms with Crippen LogP contribution in [0.5, 0.6) is 5.75 Å². The lowest BCUT2D eigenvalue weighted by Gasteiger charge is -2.11. The van der Waals surface area contributed by atoms with Crippen molar-refractivity contribution in [3.05, 3.63) is 90.1 Å². The number of aromatic hydroxyl groups is 1. The van der Waals surface area contributed by atoms with Gasteiger partial charge in [0.15, 0.2) is 0 Å². The fourth-order valence-corrected chi connectivity index (χ4v) is 3.72. The number of para-hydroxylation sites is 1. The molecule has 26 heavy (non-hydrogen) atoms. The van der Waals surface area contributed by atoms with Gasteiger partial charge in [-0.2, -0.15) is 0 Å². The molecule has 0 radical (unpaired) electrons. The molecular formula is C24H23NO. The summed E-state index contributed by atoms with van der Waals surface area (Å²) in [6.07, 6.45) is 2.00. The molecule has 0 aliphatic heterocycles. The minimum absolute atomic E-state index is 0.329. The maximum atomic E-state index is 10.3. The molecule has 0 saturated carbocycles. The van der Waals surface area contributed by atoms with Crippen molar-refractivity contribution >= 4 is 10.9 Å². The van der Waals surface area contributed by atoms with Crippen molar-refractivity contribution in [1.82, 2.24) is 4.57 Å². The number of phenols is 1. The number of hydrogen-bond donors (Lipinski definition) is 1. The van der Waals surface area contributed by atoms with Gasteiger partial charge in [-0.25, -0.2) is 0 Å². The van der Waals surface area contributed by atoms with Crippen LogP contribution in [0.3, 0.4) is 0 Å². The summed E-state index contributed by atoms with van der Waals surface area (Å²) >= 11 is 0. The lowest BCUT2D eigenvalue weighted by Crippen LogP contribution is -2.04. The second-order valence-corrected chi connectivity index (χ2v) is 6.63. The van der Waals surface area contributed by atoms with Crippen LogP contribution in [0.25, 0.3) is 22.0 Å². The van der Waals surface area contributed by atoms with Crippen LogP contribution in [0.2, 0.25) is 0 Å². The average molecular weight is 341 g/mol. The fraction of sp³-hybridized carbons (Fsp3) is 0.167. The van der Waals surface area contributed by atoms with Crippen LogP contribution in [0.15, 0.2) is 78.9 Å². The smallest absolute Gasteiger partial charge is 0.123 e. The van der Waals surface area contributed by atoms with Gasteiger partial charge in [-0.1, -0.05) is 67.6 Å². The summed E-state index contributed by atoms with van der Waals surface area (Å²) < 4.78 is 2.42. The van der Waals surface area contributed by atoms with Crippen LogP contribution in [0.1, 0.15) is 18.2 Å². The molecule has 4 aromatic rings. The molecule has 130 valence electrons. The van der Waals surface area contributed by atoms with Crippen molar-refractivity contribution in [3.8, 4) is 16.9 Å². The number of aryl methyl sites for hydroxylation is 3. The van der Waals surface area contributed by atoms with Crippen LogP contribution >= 0.6 is 0 Å². The van der Waals surface area contributed by atoms with E-state index >= 15 is 0 Å². The number of nitrogens with zero attached hydrogens (tertiary/aromatic N) is 1. The third kappa shape index (κ3) is 2.99. The lowest BCUT2D eigenvalue weighted by molar-refractivity contribution is 0.477. The number of hydrogen-bond acceptors (Lipinski definition) is 1. The van der Waals surface area contributed by atoms with Gasteiger partial charge in [0.25, 0.3) is 0 Å². The summed E-state index contributed by atoms with van der Waals surface area (Å²) in [6, 6.07) is 26.8. The van der Waals surface area contributed by atoms with Crippen LogP contribution in [0.4, 0.5) is 0 Å². The highest BCUT2D eigenvalue weighted by molar-refractivity contribution is 5.97. The van der Waals surface area contributed by atoms with E-state index in [4.69, 9.17) is 0 Å². The first-order valence-corrected chi connectivity index (χ1v) is 9.21. The molecule has 3 aromatic carbocycles. The number of benzene rings is 3. The normalized spacial score (nSPS) is 11.1. The predicted molar refractivity (Wildman–Crippen MR) is 109 cm³/mol. The second kappa shape index (κ2) is 7.09. The maximum Gasteiger partial charge on any atom is 0.123 e. The Morgan fingerprint density at radius 1 is 0.808 bits per heavy atom. The molecule has 0 bridgehead atoms. The van der Waals surface area contributed by atoms with E-state index in [2.05, 4.69) is 66.1 Å². The Morgan fingerprint density at radius 3 is 2.31 bits per heavy atom. The summed E-state index contributed by atoms with van der Waals surface area (Å²) in [4.78, 5) is 0. The highest BCUT2D eigenvalue weighted by Gasteiger charge is 2.13. The van der Waals surface area contributed by atoms with Gasteiger partial charge < -0.3 is 9.67 Å². The van der Waals surface area contributed by atoms with Crippen molar-refractivity contribution in [2.75, 3.05) is 0 Å². The number of phenolic OH excluding ortho intramolecular Hbond substituents is 1. The number of rotatable bonds is 5. The Balaban J connectivity index is 1.79. The molecule has 4 rings (SSSR count). The van der Waals surface area contributed by atoms with Crippen LogP contribution in [-0.4, -0.2) is 9.67 Å². The molecule has 1 heterocycles. The highest BCUT2D eigenvalue weighted by Crippen LogP contribution is 2.35. The van der Waals surface area contributed by atoms with E-state index in [1.165, 1.54) is 22.2 Å². The van der Waals surface area contributed by atoms with Crippen LogP contribution < -0.4 is 0 Å². The van der Waals surface area contributed by atoms with Gasteiger partial charge in [0.1, 0.15) is 5.75 Å². The van der Waals surface area contributed by atoms with Gasteiger partial charge in [-0.15, -0.1) is 0 Å². The molecule has 0 aliphatic rings. The van der Waals surface area contributed by atoms with Gasteiger partial charge in [-0.05, 0) is 42.2 Å². The molecule has 2 heteroatoms. The summed E-state index contributed by atoms with van der Waals surface area (Å²) in [6.45, 7) is 3.16. The van der Waals surface area contributed by atoms with E-state index in [0.717, 1.165) is 30.5 Å². The SMILES string of the molecule is CCc1cc2c(-c3ccccc3O)cccc2n1CCc1ccccc1. The molecule has 1 aromatic heterocycles. The standard InChI is InChI=1S/C24H23NO/c1-2-19-17-22-20(21-11-6-7-14-24(21)26)12-8-13-23(22)25(19)16-15-18-9-4-3-5-10-18/h3-14,17,26H,2,15-16H2,1H3. The van der Waals surface area contributed by atoms with Crippen molar-refractivity contribution in [1.29, 1.82) is 0 Å². The molecule has 0 unspecified atom stereocenters. The van der Waals surface area contributed by atoms with Gasteiger partial charge >= 0.3 is 0 Å². The van der Waals surface area contributed by atoms with Gasteiger partial charge in [0, 0.05) is 28.7 Å². The summed E-state index contributed by atoms with van der Waals surface area (Å²) in [7, 11) is 0. The Bertz CT molecular complexity index is 1030. The molecule has 0 atom stereocenters. The first kappa shape index (κ1) is 16.5. The molecule has 2 nitrogen and oxygen atoms in total. The molecular weight excluding hydrogens is 318 g/mol. The van der Waals surface area contributed by atoms with Crippen molar-refractivity contribution in [2.24, 2.45) is 0 Å². The number of fused-ring (bicyclic) bond motifs is 1. The Hall–Kier alpha value is -3.00. The fourth-order valence-electron chi connectivity index (χ4n) is 3.72. The monoisotopic (exact) mass is 341 g/mol. The van der Waals surface area contributed by atoms with E-state index in [9.17, 15) is 5.11 Å². The summed E-state index contributed by atoms with van der Waals surface area (Å²) in [5.41, 5.74) is 5.90. The molecule has 0 amide bonds. The molecule has 0 aliphatic carbocycles. The Labute approximate surface area is 154 Å². The quantitative estimate of drug-likeness (QED) is 0.486. The van der Waals surface area contributed by atoms with Crippen molar-refractivity contribution < 1.29 is 5.11 Å². The topological polar surface area (TPSA) is 25.2 Å². The Morgan fingerprint density at radius 2 is 1.54 bits per heavy atom. The zero-order valence-electron chi connectivity index (χ0n) is 15.0. The lowest BCUT2D eigenvalue weighted by atomic mass is 10.0. The molecule has 0 spiro atoms. The first-order chi connectivity index (χ1) is 12.8. The van der Waals surface area contributed by atoms with E-state index in [-0.39, 0.29) is 0 Å². The van der Waals surface area contributed by atoms with E-state index in [1.807, 2.05) is 18.2 Å². The largest absolute Gasteiger partial charge is 0.507 e. The van der Waals surface area contributed by atoms with Gasteiger partial charge in [0.05, 0.1) is 0 Å². The average Bonchev–Trinajstić information content (AvgIpc) is 3.05. The maximum absolute atomic E-state index is 10.3. The Kier molecular flexibility index (Phi) is 4.49. The van der Waals surface area contributed by atoms with Gasteiger partial charge in [-0.3, -0.25) is 0 Å². The zero-order valence-corrected chi connectivity index (χ0v) is 15.0. The minimum Gasteiger partial charge on any atom is -0.507 e. The third-order valence-electron chi connectivity index (χ3n) is 5.05. The third-order valence-corrected chi connectivity index (χ3v) is 5.05. The van der Waals surface area contributed by atoms with Crippen LogP contribution in [-0.2, 0) is 19.4 Å². The molecule has 1 N–H and O–H groups in total. The van der Waals surface area contributed by atoms with Crippen molar-refractivity contribution in [2.45, 2.75) is 26.3 Å². The van der Waals surface area contributed by atoms with E-state index in [0.29, 0.717) is 5.75 Å². The van der Waals surface area contributed by atoms with E-state index in [1.54, 1.807) is 6.07 Å². The number of aromatic nitrogens is 1. The second-order valence-electron chi connectivity index (χ2n) is 6.63. The molecule has 0 saturated heterocycles. The summed E-state index contributed by atoms with van der Waals surface area (Å²) in [5, 5.41) is 11.5. The zero-order chi connectivity index (χ0) is 17.9. The first-order valence-electron chi connectivity index (χ1n) is 9.21. The van der Waals surface area contributed by atoms with Gasteiger partial charge in [0.2, 0.25) is 0 Å². The predicted octanol–water partition coefficient (Wildman–Crippen LogP) is 5.82. The highest BCUT2D eigenvalue weighted by atomic mass is 16.3. The van der Waals surface area contributed by atoms with E-state index < -0.39 is 0 Å². The van der Waals surface area contributed by atoms with Crippen LogP contribution in [0, 0.1) is 0 Å². The summed E-state index contributed by atoms with van der Waals surface area (Å²) in [5.74, 6) is 0.329.